The summed E-state index contributed by atoms with van der Waals surface area (Å²) in [7, 11) is 3.27. The number of ether oxygens (including phenoxy) is 2. The highest BCUT2D eigenvalue weighted by molar-refractivity contribution is 5.97. The van der Waals surface area contributed by atoms with Crippen molar-refractivity contribution >= 4 is 5.91 Å². The third kappa shape index (κ3) is 5.71. The summed E-state index contributed by atoms with van der Waals surface area (Å²) in [5.41, 5.74) is 2.67. The van der Waals surface area contributed by atoms with Gasteiger partial charge in [0.1, 0.15) is 11.5 Å². The summed E-state index contributed by atoms with van der Waals surface area (Å²) in [6.45, 7) is 2.80. The maximum Gasteiger partial charge on any atom is 0.255 e. The second kappa shape index (κ2) is 11.0. The first kappa shape index (κ1) is 22.8. The smallest absolute Gasteiger partial charge is 0.255 e. The molecule has 2 aromatic carbocycles. The van der Waals surface area contributed by atoms with Gasteiger partial charge in [0.25, 0.3) is 5.91 Å². The summed E-state index contributed by atoms with van der Waals surface area (Å²) in [6, 6.07) is 21.2. The summed E-state index contributed by atoms with van der Waals surface area (Å²) in [4.78, 5) is 20.3. The van der Waals surface area contributed by atoms with Crippen LogP contribution >= 0.6 is 0 Å². The Balaban J connectivity index is 1.52. The zero-order chi connectivity index (χ0) is 23.0. The Hall–Kier alpha value is -3.38. The van der Waals surface area contributed by atoms with E-state index in [0.717, 1.165) is 43.9 Å². The lowest BCUT2D eigenvalue weighted by atomic mass is 9.88. The molecule has 0 radical (unpaired) electrons. The Labute approximate surface area is 195 Å². The molecule has 6 heteroatoms. The fourth-order valence-electron chi connectivity index (χ4n) is 4.54. The lowest BCUT2D eigenvalue weighted by Crippen LogP contribution is -2.43. The van der Waals surface area contributed by atoms with Crippen LogP contribution in [0.15, 0.2) is 72.9 Å². The molecule has 1 aromatic heterocycles. The molecule has 0 spiro atoms. The SMILES string of the molecule is COc1ccc(CN2CCC[C@H]([C@@H](NC(=O)c3ccccc3OC)c3ccccn3)C2)cc1. The number of amides is 1. The predicted octanol–water partition coefficient (Wildman–Crippen LogP) is 4.48. The molecule has 1 aliphatic rings. The first-order chi connectivity index (χ1) is 16.2. The molecule has 4 rings (SSSR count). The van der Waals surface area contributed by atoms with Crippen LogP contribution < -0.4 is 14.8 Å². The van der Waals surface area contributed by atoms with Crippen LogP contribution in [-0.4, -0.2) is 43.1 Å². The minimum atomic E-state index is -0.178. The van der Waals surface area contributed by atoms with E-state index in [1.807, 2.05) is 48.5 Å². The second-order valence-corrected chi connectivity index (χ2v) is 8.39. The van der Waals surface area contributed by atoms with Crippen molar-refractivity contribution in [1.82, 2.24) is 15.2 Å². The van der Waals surface area contributed by atoms with Gasteiger partial charge in [-0.25, -0.2) is 0 Å². The van der Waals surface area contributed by atoms with Gasteiger partial charge in [-0.05, 0) is 67.3 Å². The van der Waals surface area contributed by atoms with Gasteiger partial charge in [-0.2, -0.15) is 0 Å². The van der Waals surface area contributed by atoms with Gasteiger partial charge < -0.3 is 14.8 Å². The molecule has 2 heterocycles. The van der Waals surface area contributed by atoms with Crippen LogP contribution in [0.5, 0.6) is 11.5 Å². The third-order valence-electron chi connectivity index (χ3n) is 6.22. The number of nitrogens with zero attached hydrogens (tertiary/aromatic N) is 2. The highest BCUT2D eigenvalue weighted by Crippen LogP contribution is 2.31. The first-order valence-electron chi connectivity index (χ1n) is 11.4. The number of benzene rings is 2. The van der Waals surface area contributed by atoms with E-state index in [2.05, 4.69) is 27.3 Å². The molecule has 0 saturated carbocycles. The van der Waals surface area contributed by atoms with Gasteiger partial charge in [-0.1, -0.05) is 30.3 Å². The summed E-state index contributed by atoms with van der Waals surface area (Å²) in [6.07, 6.45) is 3.90. The van der Waals surface area contributed by atoms with Crippen molar-refractivity contribution in [2.24, 2.45) is 5.92 Å². The molecular formula is C27H31N3O3. The number of piperidine rings is 1. The number of likely N-dealkylation sites (tertiary alicyclic amines) is 1. The zero-order valence-corrected chi connectivity index (χ0v) is 19.2. The molecule has 0 aliphatic carbocycles. The average molecular weight is 446 g/mol. The van der Waals surface area contributed by atoms with E-state index in [0.29, 0.717) is 11.3 Å². The number of carbonyl (C=O) groups is 1. The van der Waals surface area contributed by atoms with Gasteiger partial charge in [0.05, 0.1) is 31.5 Å². The average Bonchev–Trinajstić information content (AvgIpc) is 2.88. The number of methoxy groups -OCH3 is 2. The van der Waals surface area contributed by atoms with Gasteiger partial charge >= 0.3 is 0 Å². The molecule has 6 nitrogen and oxygen atoms in total. The summed E-state index contributed by atoms with van der Waals surface area (Å²) in [5, 5.41) is 3.27. The van der Waals surface area contributed by atoms with Crippen molar-refractivity contribution < 1.29 is 14.3 Å². The molecule has 1 fully saturated rings. The molecule has 172 valence electrons. The standard InChI is InChI=1S/C27H31N3O3/c1-32-22-14-12-20(13-15-22)18-30-17-7-8-21(19-30)26(24-10-5-6-16-28-24)29-27(31)23-9-3-4-11-25(23)33-2/h3-6,9-16,21,26H,7-8,17-19H2,1-2H3,(H,29,31)/t21-,26+/m0/s1. The van der Waals surface area contributed by atoms with Crippen molar-refractivity contribution in [2.45, 2.75) is 25.4 Å². The van der Waals surface area contributed by atoms with Crippen LogP contribution in [0.25, 0.3) is 0 Å². The van der Waals surface area contributed by atoms with E-state index in [1.54, 1.807) is 26.5 Å². The van der Waals surface area contributed by atoms with Crippen LogP contribution in [0.1, 0.15) is 40.5 Å². The molecular weight excluding hydrogens is 414 g/mol. The van der Waals surface area contributed by atoms with Gasteiger partial charge in [-0.3, -0.25) is 14.7 Å². The quantitative estimate of drug-likeness (QED) is 0.554. The van der Waals surface area contributed by atoms with Crippen LogP contribution in [0.4, 0.5) is 0 Å². The fourth-order valence-corrected chi connectivity index (χ4v) is 4.54. The summed E-state index contributed by atoms with van der Waals surface area (Å²) >= 11 is 0. The summed E-state index contributed by atoms with van der Waals surface area (Å²) in [5.74, 6) is 1.55. The normalized spacial score (nSPS) is 17.2. The Bertz CT molecular complexity index is 1040. The summed E-state index contributed by atoms with van der Waals surface area (Å²) < 4.78 is 10.7. The van der Waals surface area contributed by atoms with E-state index in [4.69, 9.17) is 9.47 Å². The second-order valence-electron chi connectivity index (χ2n) is 8.39. The van der Waals surface area contributed by atoms with Crippen molar-refractivity contribution in [3.05, 3.63) is 89.7 Å². The minimum Gasteiger partial charge on any atom is -0.497 e. The number of nitrogens with one attached hydrogen (secondary N) is 1. The van der Waals surface area contributed by atoms with Crippen molar-refractivity contribution in [1.29, 1.82) is 0 Å². The molecule has 1 amide bonds. The Morgan fingerprint density at radius 3 is 2.58 bits per heavy atom. The van der Waals surface area contributed by atoms with Crippen LogP contribution in [0, 0.1) is 5.92 Å². The van der Waals surface area contributed by atoms with Crippen molar-refractivity contribution in [3.8, 4) is 11.5 Å². The van der Waals surface area contributed by atoms with E-state index in [1.165, 1.54) is 5.56 Å². The van der Waals surface area contributed by atoms with E-state index < -0.39 is 0 Å². The van der Waals surface area contributed by atoms with Crippen LogP contribution in [0.3, 0.4) is 0 Å². The molecule has 3 aromatic rings. The van der Waals surface area contributed by atoms with Gasteiger partial charge in [-0.15, -0.1) is 0 Å². The Morgan fingerprint density at radius 2 is 1.85 bits per heavy atom. The van der Waals surface area contributed by atoms with E-state index >= 15 is 0 Å². The number of aromatic nitrogens is 1. The number of para-hydroxylation sites is 1. The number of rotatable bonds is 8. The largest absolute Gasteiger partial charge is 0.497 e. The highest BCUT2D eigenvalue weighted by Gasteiger charge is 2.31. The van der Waals surface area contributed by atoms with Crippen molar-refractivity contribution in [3.63, 3.8) is 0 Å². The van der Waals surface area contributed by atoms with Crippen molar-refractivity contribution in [2.75, 3.05) is 27.3 Å². The molecule has 1 aliphatic heterocycles. The molecule has 2 atom stereocenters. The number of hydrogen-bond acceptors (Lipinski definition) is 5. The predicted molar refractivity (Wildman–Crippen MR) is 128 cm³/mol. The van der Waals surface area contributed by atoms with Gasteiger partial charge in [0.15, 0.2) is 0 Å². The third-order valence-corrected chi connectivity index (χ3v) is 6.22. The van der Waals surface area contributed by atoms with Crippen LogP contribution in [-0.2, 0) is 6.54 Å². The maximum absolute atomic E-state index is 13.2. The maximum atomic E-state index is 13.2. The monoisotopic (exact) mass is 445 g/mol. The fraction of sp³-hybridized carbons (Fsp3) is 0.333. The molecule has 0 bridgehead atoms. The van der Waals surface area contributed by atoms with Gasteiger partial charge in [0, 0.05) is 19.3 Å². The molecule has 33 heavy (non-hydrogen) atoms. The lowest BCUT2D eigenvalue weighted by molar-refractivity contribution is 0.0872. The van der Waals surface area contributed by atoms with Crippen LogP contribution in [0.2, 0.25) is 0 Å². The topological polar surface area (TPSA) is 63.7 Å². The number of hydrogen-bond donors (Lipinski definition) is 1. The molecule has 0 unspecified atom stereocenters. The molecule has 1 saturated heterocycles. The van der Waals surface area contributed by atoms with E-state index in [-0.39, 0.29) is 17.9 Å². The Kier molecular flexibility index (Phi) is 7.58. The highest BCUT2D eigenvalue weighted by atomic mass is 16.5. The Morgan fingerprint density at radius 1 is 1.06 bits per heavy atom. The number of pyridine rings is 1. The van der Waals surface area contributed by atoms with Gasteiger partial charge in [0.2, 0.25) is 0 Å². The van der Waals surface area contributed by atoms with E-state index in [9.17, 15) is 4.79 Å². The molecule has 1 N–H and O–H groups in total. The zero-order valence-electron chi connectivity index (χ0n) is 19.2. The number of carbonyl (C=O) groups excluding carboxylic acids is 1. The first-order valence-corrected chi connectivity index (χ1v) is 11.4. The minimum absolute atomic E-state index is 0.143. The lowest BCUT2D eigenvalue weighted by Gasteiger charge is -2.37.